The van der Waals surface area contributed by atoms with E-state index in [4.69, 9.17) is 0 Å². The van der Waals surface area contributed by atoms with Gasteiger partial charge in [0, 0.05) is 17.4 Å². The zero-order valence-electron chi connectivity index (χ0n) is 13.4. The van der Waals surface area contributed by atoms with Gasteiger partial charge in [-0.15, -0.1) is 5.10 Å². The number of aromatic nitrogens is 4. The number of rotatable bonds is 3. The van der Waals surface area contributed by atoms with Gasteiger partial charge in [-0.1, -0.05) is 23.4 Å². The van der Waals surface area contributed by atoms with E-state index in [1.54, 1.807) is 31.2 Å². The van der Waals surface area contributed by atoms with E-state index >= 15 is 0 Å². The van der Waals surface area contributed by atoms with Crippen molar-refractivity contribution in [2.75, 3.05) is 5.32 Å². The van der Waals surface area contributed by atoms with Crippen molar-refractivity contribution >= 4 is 33.4 Å². The van der Waals surface area contributed by atoms with Gasteiger partial charge in [0.1, 0.15) is 11.6 Å². The van der Waals surface area contributed by atoms with Crippen molar-refractivity contribution in [1.82, 2.24) is 20.0 Å². The number of hydrogen-bond acceptors (Lipinski definition) is 4. The molecular formula is C18H15N5O2. The third-order valence-corrected chi connectivity index (χ3v) is 4.16. The highest BCUT2D eigenvalue weighted by Gasteiger charge is 2.19. The average molecular weight is 333 g/mol. The van der Waals surface area contributed by atoms with E-state index in [-0.39, 0.29) is 11.5 Å². The van der Waals surface area contributed by atoms with Crippen LogP contribution in [0.25, 0.3) is 21.8 Å². The second kappa shape index (κ2) is 5.86. The number of nitrogens with one attached hydrogen (secondary N) is 2. The molecule has 7 heteroatoms. The number of H-pyrrole nitrogens is 1. The van der Waals surface area contributed by atoms with Gasteiger partial charge < -0.3 is 10.3 Å². The molecule has 0 bridgehead atoms. The maximum Gasteiger partial charge on any atom is 0.278 e. The Bertz CT molecular complexity index is 1140. The Morgan fingerprint density at radius 3 is 2.92 bits per heavy atom. The van der Waals surface area contributed by atoms with Crippen LogP contribution < -0.4 is 10.9 Å². The summed E-state index contributed by atoms with van der Waals surface area (Å²) in [4.78, 5) is 28.2. The second-order valence-corrected chi connectivity index (χ2v) is 5.80. The fourth-order valence-corrected chi connectivity index (χ4v) is 2.74. The molecule has 2 aromatic heterocycles. The Labute approximate surface area is 142 Å². The lowest BCUT2D eigenvalue weighted by molar-refractivity contribution is -0.119. The highest BCUT2D eigenvalue weighted by molar-refractivity contribution is 5.95. The number of fused-ring (bicyclic) bond motifs is 2. The van der Waals surface area contributed by atoms with E-state index in [1.165, 1.54) is 0 Å². The molecule has 0 saturated carbocycles. The van der Waals surface area contributed by atoms with E-state index in [9.17, 15) is 9.59 Å². The van der Waals surface area contributed by atoms with E-state index in [0.29, 0.717) is 16.6 Å². The third-order valence-electron chi connectivity index (χ3n) is 4.16. The minimum absolute atomic E-state index is 0.336. The number of amides is 1. The van der Waals surface area contributed by atoms with Gasteiger partial charge in [0.15, 0.2) is 0 Å². The van der Waals surface area contributed by atoms with Crippen LogP contribution in [0.4, 0.5) is 5.69 Å². The minimum Gasteiger partial charge on any atom is -0.361 e. The zero-order valence-corrected chi connectivity index (χ0v) is 13.4. The quantitative estimate of drug-likeness (QED) is 0.602. The smallest absolute Gasteiger partial charge is 0.278 e. The van der Waals surface area contributed by atoms with Crippen LogP contribution in [0.15, 0.2) is 59.5 Å². The summed E-state index contributed by atoms with van der Waals surface area (Å²) >= 11 is 0. The molecule has 7 nitrogen and oxygen atoms in total. The normalized spacial score (nSPS) is 12.4. The van der Waals surface area contributed by atoms with Crippen molar-refractivity contribution in [3.63, 3.8) is 0 Å². The Morgan fingerprint density at radius 1 is 1.20 bits per heavy atom. The Balaban J connectivity index is 1.63. The third kappa shape index (κ3) is 2.65. The minimum atomic E-state index is -0.788. The first-order valence-corrected chi connectivity index (χ1v) is 7.86. The molecule has 0 spiro atoms. The van der Waals surface area contributed by atoms with Gasteiger partial charge in [0.05, 0.1) is 5.39 Å². The highest BCUT2D eigenvalue weighted by atomic mass is 16.2. The van der Waals surface area contributed by atoms with Gasteiger partial charge in [-0.25, -0.2) is 0 Å². The van der Waals surface area contributed by atoms with Crippen LogP contribution in [0, 0.1) is 0 Å². The first kappa shape index (κ1) is 15.1. The molecule has 0 fully saturated rings. The molecular weight excluding hydrogens is 318 g/mol. The maximum atomic E-state index is 12.5. The van der Waals surface area contributed by atoms with Crippen molar-refractivity contribution in [2.45, 2.75) is 13.0 Å². The number of nitrogens with zero attached hydrogens (tertiary/aromatic N) is 3. The molecule has 2 aromatic carbocycles. The van der Waals surface area contributed by atoms with Crippen molar-refractivity contribution in [3.8, 4) is 0 Å². The monoisotopic (exact) mass is 333 g/mol. The fourth-order valence-electron chi connectivity index (χ4n) is 2.74. The molecule has 4 rings (SSSR count). The molecule has 0 aliphatic carbocycles. The van der Waals surface area contributed by atoms with Crippen LogP contribution in [0.1, 0.15) is 13.0 Å². The number of anilines is 1. The van der Waals surface area contributed by atoms with Crippen molar-refractivity contribution < 1.29 is 4.79 Å². The summed E-state index contributed by atoms with van der Waals surface area (Å²) in [6.45, 7) is 1.62. The number of aromatic amines is 1. The predicted molar refractivity (Wildman–Crippen MR) is 95.4 cm³/mol. The Morgan fingerprint density at radius 2 is 2.04 bits per heavy atom. The summed E-state index contributed by atoms with van der Waals surface area (Å²) in [5, 5.41) is 12.2. The topological polar surface area (TPSA) is 92.7 Å². The molecule has 1 atom stereocenters. The zero-order chi connectivity index (χ0) is 17.4. The molecule has 1 amide bonds. The van der Waals surface area contributed by atoms with Crippen LogP contribution in [0.2, 0.25) is 0 Å². The number of hydrogen-bond donors (Lipinski definition) is 2. The molecule has 2 N–H and O–H groups in total. The van der Waals surface area contributed by atoms with Crippen LogP contribution >= 0.6 is 0 Å². The first-order valence-electron chi connectivity index (χ1n) is 7.86. The van der Waals surface area contributed by atoms with E-state index in [1.807, 2.05) is 30.5 Å². The number of carbonyl (C=O) groups excluding carboxylic acids is 1. The van der Waals surface area contributed by atoms with E-state index < -0.39 is 6.04 Å². The maximum absolute atomic E-state index is 12.5. The average Bonchev–Trinajstić information content (AvgIpc) is 3.09. The molecule has 124 valence electrons. The Kier molecular flexibility index (Phi) is 3.53. The standard InChI is InChI=1S/C18H15N5O2/c1-11(23-18(25)14-4-2-3-5-15(14)21-22-23)17(24)20-13-7-6-12-8-9-19-16(12)10-13/h2-11,19H,1H3,(H,20,24)/t11-/m1/s1. The van der Waals surface area contributed by atoms with Gasteiger partial charge in [-0.3, -0.25) is 9.59 Å². The van der Waals surface area contributed by atoms with E-state index in [0.717, 1.165) is 15.6 Å². The van der Waals surface area contributed by atoms with Crippen LogP contribution in [0.5, 0.6) is 0 Å². The van der Waals surface area contributed by atoms with Gasteiger partial charge in [0.2, 0.25) is 5.91 Å². The summed E-state index contributed by atoms with van der Waals surface area (Å²) in [7, 11) is 0. The molecule has 0 aliphatic heterocycles. The molecule has 0 aliphatic rings. The van der Waals surface area contributed by atoms with Crippen molar-refractivity contribution in [3.05, 3.63) is 65.1 Å². The number of benzene rings is 2. The molecule has 25 heavy (non-hydrogen) atoms. The fraction of sp³-hybridized carbons (Fsp3) is 0.111. The van der Waals surface area contributed by atoms with Crippen LogP contribution in [-0.2, 0) is 4.79 Å². The summed E-state index contributed by atoms with van der Waals surface area (Å²) in [5.74, 6) is -0.336. The molecule has 0 saturated heterocycles. The van der Waals surface area contributed by atoms with Gasteiger partial charge in [-0.05, 0) is 42.6 Å². The Hall–Kier alpha value is -3.48. The number of carbonyl (C=O) groups is 1. The predicted octanol–water partition coefficient (Wildman–Crippen LogP) is 2.47. The van der Waals surface area contributed by atoms with Gasteiger partial charge in [0.25, 0.3) is 5.56 Å². The lowest BCUT2D eigenvalue weighted by Crippen LogP contribution is -2.34. The molecule has 2 heterocycles. The molecule has 4 aromatic rings. The summed E-state index contributed by atoms with van der Waals surface area (Å²) in [6.07, 6.45) is 1.84. The first-order chi connectivity index (χ1) is 12.1. The molecule has 0 unspecified atom stereocenters. The lowest BCUT2D eigenvalue weighted by atomic mass is 10.2. The second-order valence-electron chi connectivity index (χ2n) is 5.80. The largest absolute Gasteiger partial charge is 0.361 e. The van der Waals surface area contributed by atoms with E-state index in [2.05, 4.69) is 20.6 Å². The summed E-state index contributed by atoms with van der Waals surface area (Å²) in [5.41, 5.74) is 1.74. The highest BCUT2D eigenvalue weighted by Crippen LogP contribution is 2.18. The lowest BCUT2D eigenvalue weighted by Gasteiger charge is -2.13. The molecule has 0 radical (unpaired) electrons. The SMILES string of the molecule is C[C@H](C(=O)Nc1ccc2cc[nH]c2c1)n1nnc2ccccc2c1=O. The summed E-state index contributed by atoms with van der Waals surface area (Å²) in [6, 6.07) is 13.7. The van der Waals surface area contributed by atoms with Gasteiger partial charge in [-0.2, -0.15) is 4.68 Å². The van der Waals surface area contributed by atoms with Crippen molar-refractivity contribution in [2.24, 2.45) is 0 Å². The summed E-state index contributed by atoms with van der Waals surface area (Å²) < 4.78 is 1.10. The van der Waals surface area contributed by atoms with Gasteiger partial charge >= 0.3 is 0 Å². The van der Waals surface area contributed by atoms with Crippen LogP contribution in [0.3, 0.4) is 0 Å². The van der Waals surface area contributed by atoms with Crippen LogP contribution in [-0.4, -0.2) is 25.9 Å². The van der Waals surface area contributed by atoms with Crippen molar-refractivity contribution in [1.29, 1.82) is 0 Å².